The molecule has 1 unspecified atom stereocenters. The number of alkyl halides is 1. The maximum absolute atomic E-state index is 12.7. The maximum atomic E-state index is 12.7. The Kier molecular flexibility index (Phi) is 5.00. The van der Waals surface area contributed by atoms with E-state index in [-0.39, 0.29) is 12.1 Å². The molecule has 2 aromatic rings. The monoisotopic (exact) mass is 395 g/mol. The van der Waals surface area contributed by atoms with Gasteiger partial charge in [0.15, 0.2) is 0 Å². The maximum Gasteiger partial charge on any atom is 0.140 e. The summed E-state index contributed by atoms with van der Waals surface area (Å²) in [6.07, 6.45) is 6.20. The average Bonchev–Trinajstić information content (AvgIpc) is 3.28. The molecule has 1 aromatic heterocycles. The van der Waals surface area contributed by atoms with E-state index in [9.17, 15) is 4.39 Å². The molecule has 1 aromatic carbocycles. The van der Waals surface area contributed by atoms with Crippen molar-refractivity contribution >= 4 is 11.5 Å². The second-order valence-corrected chi connectivity index (χ2v) is 8.79. The van der Waals surface area contributed by atoms with Crippen molar-refractivity contribution in [3.63, 3.8) is 0 Å². The second kappa shape index (κ2) is 7.65. The number of hydrogen-bond donors (Lipinski definition) is 2. The van der Waals surface area contributed by atoms with E-state index in [0.717, 1.165) is 51.1 Å². The van der Waals surface area contributed by atoms with Gasteiger partial charge in [-0.1, -0.05) is 19.1 Å². The highest BCUT2D eigenvalue weighted by atomic mass is 19.1. The second-order valence-electron chi connectivity index (χ2n) is 8.79. The van der Waals surface area contributed by atoms with Gasteiger partial charge in [0.1, 0.15) is 18.8 Å². The lowest BCUT2D eigenvalue weighted by molar-refractivity contribution is 0.326. The summed E-state index contributed by atoms with van der Waals surface area (Å²) in [6.45, 7) is 6.14. The molecule has 0 bridgehead atoms. The molecule has 0 radical (unpaired) electrons. The summed E-state index contributed by atoms with van der Waals surface area (Å²) >= 11 is 0. The van der Waals surface area contributed by atoms with Gasteiger partial charge in [-0.25, -0.2) is 14.4 Å². The van der Waals surface area contributed by atoms with E-state index in [0.29, 0.717) is 19.0 Å². The lowest BCUT2D eigenvalue weighted by atomic mass is 9.73. The Labute approximate surface area is 172 Å². The van der Waals surface area contributed by atoms with Crippen LogP contribution in [0.2, 0.25) is 0 Å². The van der Waals surface area contributed by atoms with Gasteiger partial charge in [-0.15, -0.1) is 0 Å². The van der Waals surface area contributed by atoms with E-state index in [1.165, 1.54) is 28.1 Å². The van der Waals surface area contributed by atoms with Crippen molar-refractivity contribution in [2.75, 3.05) is 37.8 Å². The van der Waals surface area contributed by atoms with Gasteiger partial charge in [0.05, 0.1) is 0 Å². The molecule has 1 spiro atoms. The van der Waals surface area contributed by atoms with E-state index < -0.39 is 0 Å². The highest BCUT2D eigenvalue weighted by Gasteiger charge is 2.46. The number of piperidine rings is 1. The van der Waals surface area contributed by atoms with Crippen molar-refractivity contribution in [1.29, 1.82) is 0 Å². The lowest BCUT2D eigenvalue weighted by Gasteiger charge is -2.36. The largest absolute Gasteiger partial charge is 0.325 e. The fourth-order valence-corrected chi connectivity index (χ4v) is 5.67. The van der Waals surface area contributed by atoms with Crippen molar-refractivity contribution in [3.8, 4) is 0 Å². The molecule has 0 amide bonds. The third-order valence-corrected chi connectivity index (χ3v) is 7.07. The summed E-state index contributed by atoms with van der Waals surface area (Å²) < 4.78 is 12.7. The third-order valence-electron chi connectivity index (χ3n) is 7.07. The van der Waals surface area contributed by atoms with E-state index in [1.54, 1.807) is 6.33 Å². The van der Waals surface area contributed by atoms with Crippen molar-refractivity contribution in [2.24, 2.45) is 0 Å². The van der Waals surface area contributed by atoms with Gasteiger partial charge in [0.25, 0.3) is 0 Å². The van der Waals surface area contributed by atoms with Crippen LogP contribution in [-0.4, -0.2) is 42.8 Å². The van der Waals surface area contributed by atoms with E-state index in [1.807, 2.05) is 0 Å². The number of rotatable bonds is 5. The molecule has 2 aliphatic heterocycles. The number of aryl methyl sites for hydroxylation is 1. The van der Waals surface area contributed by atoms with Crippen LogP contribution in [0.1, 0.15) is 54.5 Å². The van der Waals surface area contributed by atoms with Gasteiger partial charge < -0.3 is 15.5 Å². The van der Waals surface area contributed by atoms with Crippen LogP contribution in [0.4, 0.5) is 15.9 Å². The van der Waals surface area contributed by atoms with Crippen molar-refractivity contribution in [3.05, 3.63) is 46.9 Å². The normalized spacial score (nSPS) is 22.1. The van der Waals surface area contributed by atoms with Crippen LogP contribution in [0.25, 0.3) is 0 Å². The summed E-state index contributed by atoms with van der Waals surface area (Å²) in [5.41, 5.74) is 6.73. The van der Waals surface area contributed by atoms with Crippen LogP contribution >= 0.6 is 0 Å². The van der Waals surface area contributed by atoms with Gasteiger partial charge in [0, 0.05) is 42.0 Å². The van der Waals surface area contributed by atoms with Crippen LogP contribution in [-0.2, 0) is 18.4 Å². The molecular weight excluding hydrogens is 365 g/mol. The van der Waals surface area contributed by atoms with Gasteiger partial charge in [-0.3, -0.25) is 0 Å². The highest BCUT2D eigenvalue weighted by Crippen LogP contribution is 2.51. The number of fused-ring (bicyclic) bond motifs is 3. The zero-order valence-corrected chi connectivity index (χ0v) is 17.2. The topological polar surface area (TPSA) is 53.1 Å². The predicted octanol–water partition coefficient (Wildman–Crippen LogP) is 3.36. The van der Waals surface area contributed by atoms with Crippen LogP contribution in [0.5, 0.6) is 0 Å². The van der Waals surface area contributed by atoms with Crippen molar-refractivity contribution in [1.82, 2.24) is 20.6 Å². The standard InChI is InChI=1S/C23H30FN5/c1-16-5-6-18-20(16)22(28-15-27-18)29-14-23(7-10-25-11-8-23)21-17(13-26-12-9-24)3-2-4-19(21)29/h2-4,15-16,25-26H,5-14H2,1H3. The molecule has 6 heteroatoms. The Morgan fingerprint density at radius 2 is 2.14 bits per heavy atom. The highest BCUT2D eigenvalue weighted by molar-refractivity contribution is 5.75. The summed E-state index contributed by atoms with van der Waals surface area (Å²) in [7, 11) is 0. The minimum atomic E-state index is -0.332. The predicted molar refractivity (Wildman–Crippen MR) is 114 cm³/mol. The SMILES string of the molecule is CC1CCc2ncnc(N3CC4(CCNCC4)c4c(CNCCF)cccc43)c21. The molecule has 1 atom stereocenters. The van der Waals surface area contributed by atoms with Gasteiger partial charge in [0.2, 0.25) is 0 Å². The lowest BCUT2D eigenvalue weighted by Crippen LogP contribution is -2.43. The van der Waals surface area contributed by atoms with Gasteiger partial charge in [-0.05, 0) is 61.9 Å². The third kappa shape index (κ3) is 3.13. The number of nitrogens with one attached hydrogen (secondary N) is 2. The van der Waals surface area contributed by atoms with Gasteiger partial charge in [-0.2, -0.15) is 0 Å². The number of nitrogens with zero attached hydrogens (tertiary/aromatic N) is 3. The van der Waals surface area contributed by atoms with Crippen LogP contribution in [0.3, 0.4) is 0 Å². The van der Waals surface area contributed by atoms with Gasteiger partial charge >= 0.3 is 0 Å². The average molecular weight is 396 g/mol. The fourth-order valence-electron chi connectivity index (χ4n) is 5.67. The number of benzene rings is 1. The van der Waals surface area contributed by atoms with Crippen LogP contribution in [0.15, 0.2) is 24.5 Å². The van der Waals surface area contributed by atoms with Crippen LogP contribution in [0, 0.1) is 0 Å². The van der Waals surface area contributed by atoms with E-state index >= 15 is 0 Å². The summed E-state index contributed by atoms with van der Waals surface area (Å²) in [4.78, 5) is 11.8. The zero-order valence-electron chi connectivity index (χ0n) is 17.2. The molecular formula is C23H30FN5. The Hall–Kier alpha value is -2.05. The van der Waals surface area contributed by atoms with E-state index in [2.05, 4.69) is 45.6 Å². The Morgan fingerprint density at radius 3 is 2.97 bits per heavy atom. The molecule has 3 aliphatic rings. The number of halogens is 1. The zero-order chi connectivity index (χ0) is 19.8. The van der Waals surface area contributed by atoms with Crippen LogP contribution < -0.4 is 15.5 Å². The molecule has 1 saturated heterocycles. The summed E-state index contributed by atoms with van der Waals surface area (Å²) in [6, 6.07) is 6.60. The quantitative estimate of drug-likeness (QED) is 0.761. The molecule has 1 aliphatic carbocycles. The first kappa shape index (κ1) is 18.9. The molecule has 5 nitrogen and oxygen atoms in total. The molecule has 0 saturated carbocycles. The number of hydrogen-bond acceptors (Lipinski definition) is 5. The number of aromatic nitrogens is 2. The molecule has 1 fully saturated rings. The minimum absolute atomic E-state index is 0.133. The number of anilines is 2. The fraction of sp³-hybridized carbons (Fsp3) is 0.565. The Bertz CT molecular complexity index is 893. The van der Waals surface area contributed by atoms with Crippen molar-refractivity contribution < 1.29 is 4.39 Å². The molecule has 5 rings (SSSR count). The first-order valence-electron chi connectivity index (χ1n) is 10.9. The summed E-state index contributed by atoms with van der Waals surface area (Å²) in [5, 5.41) is 6.80. The molecule has 3 heterocycles. The van der Waals surface area contributed by atoms with Crippen molar-refractivity contribution in [2.45, 2.75) is 50.5 Å². The molecule has 154 valence electrons. The Morgan fingerprint density at radius 1 is 1.28 bits per heavy atom. The minimum Gasteiger partial charge on any atom is -0.325 e. The molecule has 2 N–H and O–H groups in total. The van der Waals surface area contributed by atoms with E-state index in [4.69, 9.17) is 4.98 Å². The molecule has 29 heavy (non-hydrogen) atoms. The first-order chi connectivity index (χ1) is 14.2. The smallest absolute Gasteiger partial charge is 0.140 e. The Balaban J connectivity index is 1.61. The first-order valence-corrected chi connectivity index (χ1v) is 10.9. The summed E-state index contributed by atoms with van der Waals surface area (Å²) in [5.74, 6) is 1.61.